The molecular formula is C15H13F4N3O4. The molecule has 3 heterocycles. The van der Waals surface area contributed by atoms with E-state index in [4.69, 9.17) is 9.15 Å². The van der Waals surface area contributed by atoms with Gasteiger partial charge in [0.2, 0.25) is 11.8 Å². The van der Waals surface area contributed by atoms with Crippen molar-refractivity contribution in [3.8, 4) is 5.88 Å². The van der Waals surface area contributed by atoms with E-state index in [-0.39, 0.29) is 37.2 Å². The number of aromatic nitrogens is 2. The number of rotatable bonds is 4. The summed E-state index contributed by atoms with van der Waals surface area (Å²) in [6, 6.07) is 1.53. The number of aliphatic hydroxyl groups excluding tert-OH is 1. The van der Waals surface area contributed by atoms with Gasteiger partial charge in [-0.1, -0.05) is 0 Å². The molecule has 1 amide bonds. The van der Waals surface area contributed by atoms with Gasteiger partial charge in [0.05, 0.1) is 18.7 Å². The molecule has 0 bridgehead atoms. The van der Waals surface area contributed by atoms with E-state index in [0.29, 0.717) is 0 Å². The van der Waals surface area contributed by atoms with Gasteiger partial charge in [-0.25, -0.2) is 14.4 Å². The van der Waals surface area contributed by atoms with Crippen molar-refractivity contribution in [1.82, 2.24) is 14.9 Å². The van der Waals surface area contributed by atoms with Crippen LogP contribution in [0.1, 0.15) is 21.9 Å². The van der Waals surface area contributed by atoms with Gasteiger partial charge in [0.15, 0.2) is 12.3 Å². The molecule has 0 aliphatic carbocycles. The van der Waals surface area contributed by atoms with E-state index in [1.54, 1.807) is 0 Å². The number of oxazole rings is 1. The smallest absolute Gasteiger partial charge is 0.416 e. The van der Waals surface area contributed by atoms with E-state index in [2.05, 4.69) is 9.97 Å². The molecule has 2 aromatic heterocycles. The number of carbonyl (C=O) groups excluding carboxylic acids is 1. The fourth-order valence-corrected chi connectivity index (χ4v) is 2.35. The highest BCUT2D eigenvalue weighted by Crippen LogP contribution is 2.30. The molecule has 3 rings (SSSR count). The van der Waals surface area contributed by atoms with Crippen LogP contribution in [0.25, 0.3) is 0 Å². The molecule has 2 aromatic rings. The Morgan fingerprint density at radius 2 is 2.19 bits per heavy atom. The summed E-state index contributed by atoms with van der Waals surface area (Å²) in [6.45, 7) is -0.768. The van der Waals surface area contributed by atoms with Crippen LogP contribution in [0.5, 0.6) is 5.88 Å². The van der Waals surface area contributed by atoms with Crippen molar-refractivity contribution in [3.63, 3.8) is 0 Å². The number of nitrogens with zero attached hydrogens (tertiary/aromatic N) is 3. The minimum atomic E-state index is -4.53. The van der Waals surface area contributed by atoms with Gasteiger partial charge >= 0.3 is 6.18 Å². The fourth-order valence-electron chi connectivity index (χ4n) is 2.35. The molecule has 7 nitrogen and oxygen atoms in total. The summed E-state index contributed by atoms with van der Waals surface area (Å²) in [7, 11) is 0. The summed E-state index contributed by atoms with van der Waals surface area (Å²) >= 11 is 0. The standard InChI is InChI=1S/C15H13F4N3O4/c16-9-4-22(5-11(9)23)14(24)10-6-25-13(21-10)7-26-12-3-8(1-2-20-12)15(17,18)19/h1-3,6,9,11,23H,4-5,7H2/t9-,11-/m1/s1. The second kappa shape index (κ2) is 6.90. The van der Waals surface area contributed by atoms with Crippen molar-refractivity contribution >= 4 is 5.91 Å². The SMILES string of the molecule is O=C(c1coc(COc2cc(C(F)(F)F)ccn2)n1)N1C[C@@H](O)[C@H](F)C1. The van der Waals surface area contributed by atoms with Crippen molar-refractivity contribution in [2.24, 2.45) is 0 Å². The Labute approximate surface area is 144 Å². The number of amides is 1. The quantitative estimate of drug-likeness (QED) is 0.821. The van der Waals surface area contributed by atoms with E-state index < -0.39 is 29.9 Å². The average molecular weight is 375 g/mol. The van der Waals surface area contributed by atoms with Crippen LogP contribution in [0.15, 0.2) is 29.0 Å². The number of carbonyl (C=O) groups is 1. The molecule has 1 fully saturated rings. The summed E-state index contributed by atoms with van der Waals surface area (Å²) in [4.78, 5) is 20.7. The minimum absolute atomic E-state index is 0.0656. The molecule has 0 unspecified atom stereocenters. The number of aliphatic hydroxyl groups is 1. The predicted molar refractivity (Wildman–Crippen MR) is 76.9 cm³/mol. The van der Waals surface area contributed by atoms with E-state index in [1.807, 2.05) is 0 Å². The van der Waals surface area contributed by atoms with Crippen LogP contribution in [0, 0.1) is 0 Å². The monoisotopic (exact) mass is 375 g/mol. The largest absolute Gasteiger partial charge is 0.468 e. The van der Waals surface area contributed by atoms with Gasteiger partial charge in [-0.3, -0.25) is 4.79 Å². The zero-order chi connectivity index (χ0) is 18.9. The highest BCUT2D eigenvalue weighted by Gasteiger charge is 2.35. The highest BCUT2D eigenvalue weighted by molar-refractivity contribution is 5.92. The van der Waals surface area contributed by atoms with Gasteiger partial charge < -0.3 is 19.2 Å². The van der Waals surface area contributed by atoms with Gasteiger partial charge in [-0.2, -0.15) is 13.2 Å². The second-order valence-corrected chi connectivity index (χ2v) is 5.59. The van der Waals surface area contributed by atoms with E-state index in [1.165, 1.54) is 0 Å². The number of pyridine rings is 1. The third-order valence-electron chi connectivity index (χ3n) is 3.68. The maximum Gasteiger partial charge on any atom is 0.416 e. The Bertz CT molecular complexity index is 785. The van der Waals surface area contributed by atoms with Crippen molar-refractivity contribution in [2.75, 3.05) is 13.1 Å². The number of β-amino-alcohol motifs (C(OH)–C–C–N with tert-alkyl or cyclic N) is 1. The minimum Gasteiger partial charge on any atom is -0.468 e. The molecule has 140 valence electrons. The lowest BCUT2D eigenvalue weighted by molar-refractivity contribution is -0.137. The summed E-state index contributed by atoms with van der Waals surface area (Å²) in [5.41, 5.74) is -1.04. The zero-order valence-electron chi connectivity index (χ0n) is 13.1. The summed E-state index contributed by atoms with van der Waals surface area (Å²) in [5, 5.41) is 9.34. The third kappa shape index (κ3) is 3.93. The predicted octanol–water partition coefficient (Wildman–Crippen LogP) is 1.82. The number of halogens is 4. The molecule has 0 saturated carbocycles. The normalized spacial score (nSPS) is 20.4. The van der Waals surface area contributed by atoms with Crippen LogP contribution in [0.3, 0.4) is 0 Å². The highest BCUT2D eigenvalue weighted by atomic mass is 19.4. The Morgan fingerprint density at radius 1 is 1.42 bits per heavy atom. The van der Waals surface area contributed by atoms with Crippen LogP contribution in [0.4, 0.5) is 17.6 Å². The maximum atomic E-state index is 13.3. The summed E-state index contributed by atoms with van der Waals surface area (Å²) in [5.74, 6) is -0.977. The Kier molecular flexibility index (Phi) is 4.81. The van der Waals surface area contributed by atoms with Gasteiger partial charge in [0, 0.05) is 12.3 Å². The van der Waals surface area contributed by atoms with E-state index >= 15 is 0 Å². The summed E-state index contributed by atoms with van der Waals surface area (Å²) in [6.07, 6.45) is -5.33. The van der Waals surface area contributed by atoms with Gasteiger partial charge in [0.1, 0.15) is 18.5 Å². The van der Waals surface area contributed by atoms with Gasteiger partial charge in [0.25, 0.3) is 5.91 Å². The van der Waals surface area contributed by atoms with Crippen molar-refractivity contribution < 1.29 is 36.6 Å². The molecule has 11 heteroatoms. The Hall–Kier alpha value is -2.69. The van der Waals surface area contributed by atoms with Crippen LogP contribution < -0.4 is 4.74 Å². The first kappa shape index (κ1) is 18.1. The topological polar surface area (TPSA) is 88.7 Å². The molecule has 26 heavy (non-hydrogen) atoms. The first-order valence-corrected chi connectivity index (χ1v) is 7.46. The molecule has 0 aromatic carbocycles. The average Bonchev–Trinajstić information content (AvgIpc) is 3.19. The van der Waals surface area contributed by atoms with Gasteiger partial charge in [-0.05, 0) is 6.07 Å². The zero-order valence-corrected chi connectivity index (χ0v) is 13.1. The van der Waals surface area contributed by atoms with Crippen LogP contribution in [-0.4, -0.2) is 51.2 Å². The van der Waals surface area contributed by atoms with Crippen molar-refractivity contribution in [3.05, 3.63) is 41.7 Å². The Morgan fingerprint density at radius 3 is 2.85 bits per heavy atom. The number of ether oxygens (including phenoxy) is 1. The lowest BCUT2D eigenvalue weighted by Crippen LogP contribution is -2.29. The number of alkyl halides is 4. The first-order chi connectivity index (χ1) is 12.2. The first-order valence-electron chi connectivity index (χ1n) is 7.46. The van der Waals surface area contributed by atoms with Crippen molar-refractivity contribution in [2.45, 2.75) is 25.1 Å². The van der Waals surface area contributed by atoms with E-state index in [9.17, 15) is 27.5 Å². The number of hydrogen-bond donors (Lipinski definition) is 1. The number of hydrogen-bond acceptors (Lipinski definition) is 6. The number of likely N-dealkylation sites (tertiary alicyclic amines) is 1. The molecule has 0 spiro atoms. The molecule has 1 N–H and O–H groups in total. The fraction of sp³-hybridized carbons (Fsp3) is 0.400. The van der Waals surface area contributed by atoms with Gasteiger partial charge in [-0.15, -0.1) is 0 Å². The van der Waals surface area contributed by atoms with Crippen molar-refractivity contribution in [1.29, 1.82) is 0 Å². The third-order valence-corrected chi connectivity index (χ3v) is 3.68. The molecule has 2 atom stereocenters. The van der Waals surface area contributed by atoms with Crippen LogP contribution >= 0.6 is 0 Å². The van der Waals surface area contributed by atoms with Crippen LogP contribution in [0.2, 0.25) is 0 Å². The molecule has 1 saturated heterocycles. The van der Waals surface area contributed by atoms with E-state index in [0.717, 1.165) is 29.5 Å². The molecular weight excluding hydrogens is 362 g/mol. The molecule has 0 radical (unpaired) electrons. The Balaban J connectivity index is 1.62. The summed E-state index contributed by atoms with van der Waals surface area (Å²) < 4.78 is 61.3. The second-order valence-electron chi connectivity index (χ2n) is 5.59. The lowest BCUT2D eigenvalue weighted by atomic mass is 10.2. The lowest BCUT2D eigenvalue weighted by Gasteiger charge is -2.12. The molecule has 1 aliphatic rings. The molecule has 1 aliphatic heterocycles. The maximum absolute atomic E-state index is 13.3. The van der Waals surface area contributed by atoms with Crippen LogP contribution in [-0.2, 0) is 12.8 Å².